The maximum Gasteiger partial charge on any atom is 0.337 e. The highest BCUT2D eigenvalue weighted by Gasteiger charge is 2.13. The first-order valence-corrected chi connectivity index (χ1v) is 7.05. The van der Waals surface area contributed by atoms with Gasteiger partial charge in [0.15, 0.2) is 0 Å². The molecule has 0 bridgehead atoms. The van der Waals surface area contributed by atoms with E-state index in [2.05, 4.69) is 10.3 Å². The topological polar surface area (TPSA) is 77.2 Å². The van der Waals surface area contributed by atoms with Crippen molar-refractivity contribution in [2.75, 3.05) is 18.2 Å². The summed E-state index contributed by atoms with van der Waals surface area (Å²) in [5, 5.41) is 6.25. The van der Waals surface area contributed by atoms with Crippen LogP contribution in [0.2, 0.25) is 0 Å². The molecule has 2 aromatic rings. The number of thiazole rings is 1. The van der Waals surface area contributed by atoms with Crippen LogP contribution < -0.4 is 11.1 Å². The van der Waals surface area contributed by atoms with Crippen LogP contribution in [0, 0.1) is 6.92 Å². The van der Waals surface area contributed by atoms with Crippen LogP contribution in [0.5, 0.6) is 0 Å². The molecule has 1 aromatic carbocycles. The zero-order chi connectivity index (χ0) is 14.7. The van der Waals surface area contributed by atoms with Gasteiger partial charge in [-0.25, -0.2) is 9.78 Å². The summed E-state index contributed by atoms with van der Waals surface area (Å²) in [5.41, 5.74) is 8.67. The average Bonchev–Trinajstić information content (AvgIpc) is 2.87. The third-order valence-corrected chi connectivity index (χ3v) is 4.00. The summed E-state index contributed by atoms with van der Waals surface area (Å²) >= 11 is 1.59. The molecule has 5 nitrogen and oxygen atoms in total. The molecular weight excluding hydrogens is 274 g/mol. The van der Waals surface area contributed by atoms with Crippen molar-refractivity contribution in [1.29, 1.82) is 0 Å². The first-order valence-electron chi connectivity index (χ1n) is 6.17. The van der Waals surface area contributed by atoms with E-state index in [0.29, 0.717) is 16.9 Å². The second-order valence-corrected chi connectivity index (χ2v) is 5.38. The standard InChI is InChI=1S/C14H17N3O2S/c1-8-7-20-13(16-8)9(2)17-12-6-10(14(18)19-3)4-5-11(12)15/h4-7,9,17H,15H2,1-3H3. The molecule has 6 heteroatoms. The van der Waals surface area contributed by atoms with E-state index >= 15 is 0 Å². The van der Waals surface area contributed by atoms with Gasteiger partial charge in [-0.05, 0) is 32.0 Å². The summed E-state index contributed by atoms with van der Waals surface area (Å²) in [6.07, 6.45) is 0. The SMILES string of the molecule is COC(=O)c1ccc(N)c(NC(C)c2nc(C)cs2)c1. The molecule has 20 heavy (non-hydrogen) atoms. The highest BCUT2D eigenvalue weighted by atomic mass is 32.1. The second-order valence-electron chi connectivity index (χ2n) is 4.49. The van der Waals surface area contributed by atoms with Gasteiger partial charge in [-0.3, -0.25) is 0 Å². The first-order chi connectivity index (χ1) is 9.51. The first kappa shape index (κ1) is 14.3. The maximum atomic E-state index is 11.5. The minimum Gasteiger partial charge on any atom is -0.465 e. The molecule has 0 amide bonds. The van der Waals surface area contributed by atoms with Crippen molar-refractivity contribution < 1.29 is 9.53 Å². The van der Waals surface area contributed by atoms with Crippen LogP contribution in [-0.2, 0) is 4.74 Å². The summed E-state index contributed by atoms with van der Waals surface area (Å²) in [6, 6.07) is 5.04. The van der Waals surface area contributed by atoms with E-state index in [1.165, 1.54) is 7.11 Å². The lowest BCUT2D eigenvalue weighted by Gasteiger charge is -2.15. The van der Waals surface area contributed by atoms with Crippen LogP contribution in [0.15, 0.2) is 23.6 Å². The van der Waals surface area contributed by atoms with Gasteiger partial charge in [0, 0.05) is 11.1 Å². The van der Waals surface area contributed by atoms with Crippen molar-refractivity contribution in [3.05, 3.63) is 39.8 Å². The molecule has 2 rings (SSSR count). The number of nitrogens with two attached hydrogens (primary N) is 1. The van der Waals surface area contributed by atoms with Crippen molar-refractivity contribution in [1.82, 2.24) is 4.98 Å². The van der Waals surface area contributed by atoms with Gasteiger partial charge in [0.1, 0.15) is 5.01 Å². The number of carbonyl (C=O) groups excluding carboxylic acids is 1. The number of hydrogen-bond acceptors (Lipinski definition) is 6. The van der Waals surface area contributed by atoms with Gasteiger partial charge in [0.2, 0.25) is 0 Å². The van der Waals surface area contributed by atoms with Crippen LogP contribution >= 0.6 is 11.3 Å². The minimum atomic E-state index is -0.384. The van der Waals surface area contributed by atoms with Gasteiger partial charge in [-0.1, -0.05) is 0 Å². The largest absolute Gasteiger partial charge is 0.465 e. The van der Waals surface area contributed by atoms with Gasteiger partial charge in [-0.15, -0.1) is 11.3 Å². The number of anilines is 2. The number of methoxy groups -OCH3 is 1. The molecule has 1 atom stereocenters. The average molecular weight is 291 g/mol. The zero-order valence-electron chi connectivity index (χ0n) is 11.6. The van der Waals surface area contributed by atoms with E-state index in [4.69, 9.17) is 10.5 Å². The molecule has 0 saturated heterocycles. The fourth-order valence-electron chi connectivity index (χ4n) is 1.79. The van der Waals surface area contributed by atoms with Crippen LogP contribution in [-0.4, -0.2) is 18.1 Å². The lowest BCUT2D eigenvalue weighted by molar-refractivity contribution is 0.0601. The normalized spacial score (nSPS) is 11.9. The molecule has 1 unspecified atom stereocenters. The van der Waals surface area contributed by atoms with Gasteiger partial charge in [-0.2, -0.15) is 0 Å². The van der Waals surface area contributed by atoms with E-state index in [-0.39, 0.29) is 12.0 Å². The minimum absolute atomic E-state index is 0.0175. The van der Waals surface area contributed by atoms with E-state index < -0.39 is 0 Å². The maximum absolute atomic E-state index is 11.5. The third-order valence-electron chi connectivity index (χ3n) is 2.85. The second kappa shape index (κ2) is 5.92. The lowest BCUT2D eigenvalue weighted by Crippen LogP contribution is -2.10. The van der Waals surface area contributed by atoms with E-state index in [1.54, 1.807) is 29.5 Å². The molecule has 0 aliphatic heterocycles. The van der Waals surface area contributed by atoms with Crippen molar-refractivity contribution in [3.8, 4) is 0 Å². The number of rotatable bonds is 4. The monoisotopic (exact) mass is 291 g/mol. The summed E-state index contributed by atoms with van der Waals surface area (Å²) < 4.78 is 4.71. The number of esters is 1. The van der Waals surface area contributed by atoms with Crippen LogP contribution in [0.4, 0.5) is 11.4 Å². The predicted molar refractivity (Wildman–Crippen MR) is 81.1 cm³/mol. The quantitative estimate of drug-likeness (QED) is 0.669. The highest BCUT2D eigenvalue weighted by Crippen LogP contribution is 2.27. The summed E-state index contributed by atoms with van der Waals surface area (Å²) in [4.78, 5) is 16.0. The molecule has 0 aliphatic carbocycles. The van der Waals surface area contributed by atoms with Crippen molar-refractivity contribution in [2.45, 2.75) is 19.9 Å². The molecule has 0 fully saturated rings. The zero-order valence-corrected chi connectivity index (χ0v) is 12.5. The van der Waals surface area contributed by atoms with Crippen molar-refractivity contribution >= 4 is 28.7 Å². The van der Waals surface area contributed by atoms with Crippen molar-refractivity contribution in [2.24, 2.45) is 0 Å². The summed E-state index contributed by atoms with van der Waals surface area (Å²) in [5.74, 6) is -0.384. The number of aryl methyl sites for hydroxylation is 1. The Labute approximate surface area is 121 Å². The predicted octanol–water partition coefficient (Wildman–Crippen LogP) is 2.99. The number of nitrogens with zero attached hydrogens (tertiary/aromatic N) is 1. The molecule has 3 N–H and O–H groups in total. The number of benzene rings is 1. The van der Waals surface area contributed by atoms with E-state index in [9.17, 15) is 4.79 Å². The number of nitrogens with one attached hydrogen (secondary N) is 1. The number of nitrogen functional groups attached to an aromatic ring is 1. The van der Waals surface area contributed by atoms with Crippen LogP contribution in [0.3, 0.4) is 0 Å². The Bertz CT molecular complexity index is 625. The molecule has 1 heterocycles. The highest BCUT2D eigenvalue weighted by molar-refractivity contribution is 7.09. The Hall–Kier alpha value is -2.08. The number of carbonyl (C=O) groups is 1. The Morgan fingerprint density at radius 1 is 1.50 bits per heavy atom. The molecule has 106 valence electrons. The Balaban J connectivity index is 2.22. The van der Waals surface area contributed by atoms with E-state index in [1.807, 2.05) is 19.2 Å². The molecule has 0 radical (unpaired) electrons. The van der Waals surface area contributed by atoms with Gasteiger partial charge >= 0.3 is 5.97 Å². The number of aromatic nitrogens is 1. The fourth-order valence-corrected chi connectivity index (χ4v) is 2.60. The smallest absolute Gasteiger partial charge is 0.337 e. The Morgan fingerprint density at radius 3 is 2.85 bits per heavy atom. The molecule has 0 aliphatic rings. The fraction of sp³-hybridized carbons (Fsp3) is 0.286. The van der Waals surface area contributed by atoms with Gasteiger partial charge in [0.25, 0.3) is 0 Å². The lowest BCUT2D eigenvalue weighted by atomic mass is 10.1. The van der Waals surface area contributed by atoms with E-state index in [0.717, 1.165) is 10.7 Å². The van der Waals surface area contributed by atoms with Gasteiger partial charge in [0.05, 0.1) is 30.1 Å². The summed E-state index contributed by atoms with van der Waals surface area (Å²) in [6.45, 7) is 3.96. The molecule has 0 saturated carbocycles. The third kappa shape index (κ3) is 3.08. The summed E-state index contributed by atoms with van der Waals surface area (Å²) in [7, 11) is 1.35. The Kier molecular flexibility index (Phi) is 4.24. The molecular formula is C14H17N3O2S. The van der Waals surface area contributed by atoms with Crippen LogP contribution in [0.25, 0.3) is 0 Å². The Morgan fingerprint density at radius 2 is 2.25 bits per heavy atom. The number of hydrogen-bond donors (Lipinski definition) is 2. The van der Waals surface area contributed by atoms with Crippen molar-refractivity contribution in [3.63, 3.8) is 0 Å². The number of ether oxygens (including phenoxy) is 1. The van der Waals surface area contributed by atoms with Crippen LogP contribution in [0.1, 0.15) is 34.0 Å². The molecule has 0 spiro atoms. The van der Waals surface area contributed by atoms with Gasteiger partial charge < -0.3 is 15.8 Å². The molecule has 1 aromatic heterocycles.